The molecule has 0 bridgehead atoms. The molecule has 1 aliphatic heterocycles. The van der Waals surface area contributed by atoms with E-state index in [1.807, 2.05) is 48.5 Å². The van der Waals surface area contributed by atoms with Gasteiger partial charge in [0, 0.05) is 42.7 Å². The van der Waals surface area contributed by atoms with Gasteiger partial charge < -0.3 is 9.80 Å². The Kier molecular flexibility index (Phi) is 4.44. The summed E-state index contributed by atoms with van der Waals surface area (Å²) < 4.78 is 0. The fourth-order valence-electron chi connectivity index (χ4n) is 3.05. The molecule has 1 aliphatic rings. The number of amides is 1. The van der Waals surface area contributed by atoms with E-state index < -0.39 is 0 Å². The first-order chi connectivity index (χ1) is 11.0. The minimum absolute atomic E-state index is 0.128. The van der Waals surface area contributed by atoms with Crippen LogP contribution in [-0.2, 0) is 0 Å². The molecule has 4 heteroatoms. The van der Waals surface area contributed by atoms with E-state index in [0.717, 1.165) is 41.8 Å². The molecule has 0 N–H and O–H groups in total. The van der Waals surface area contributed by atoms with Crippen LogP contribution in [0.3, 0.4) is 0 Å². The van der Waals surface area contributed by atoms with Gasteiger partial charge >= 0.3 is 0 Å². The zero-order valence-corrected chi connectivity index (χ0v) is 14.0. The van der Waals surface area contributed by atoms with Gasteiger partial charge in [-0.25, -0.2) is 0 Å². The fourth-order valence-corrected chi connectivity index (χ4v) is 3.05. The van der Waals surface area contributed by atoms with Crippen LogP contribution in [0.15, 0.2) is 42.7 Å². The van der Waals surface area contributed by atoms with Crippen molar-refractivity contribution in [2.24, 2.45) is 0 Å². The molecule has 1 amide bonds. The molecular weight excluding hydrogens is 286 g/mol. The average molecular weight is 309 g/mol. The Labute approximate surface area is 137 Å². The third-order valence-corrected chi connectivity index (χ3v) is 4.52. The smallest absolute Gasteiger partial charge is 0.253 e. The minimum Gasteiger partial charge on any atom is -0.337 e. The lowest BCUT2D eigenvalue weighted by Crippen LogP contribution is -2.34. The van der Waals surface area contributed by atoms with Crippen LogP contribution >= 0.6 is 0 Å². The van der Waals surface area contributed by atoms with Crippen molar-refractivity contribution in [1.29, 1.82) is 0 Å². The second-order valence-electron chi connectivity index (χ2n) is 6.49. The van der Waals surface area contributed by atoms with Crippen molar-refractivity contribution in [3.63, 3.8) is 0 Å². The number of likely N-dealkylation sites (N-methyl/N-ethyl adjacent to an activating group) is 1. The number of nitrogens with zero attached hydrogens (tertiary/aromatic N) is 3. The summed E-state index contributed by atoms with van der Waals surface area (Å²) in [7, 11) is 4.15. The Morgan fingerprint density at radius 3 is 2.52 bits per heavy atom. The van der Waals surface area contributed by atoms with E-state index >= 15 is 0 Å². The Hall–Kier alpha value is -2.20. The van der Waals surface area contributed by atoms with Gasteiger partial charge in [0.05, 0.1) is 0 Å². The van der Waals surface area contributed by atoms with Crippen molar-refractivity contribution >= 4 is 5.91 Å². The highest BCUT2D eigenvalue weighted by Gasteiger charge is 2.27. The molecule has 0 aliphatic carbocycles. The maximum absolute atomic E-state index is 12.6. The zero-order valence-electron chi connectivity index (χ0n) is 14.0. The van der Waals surface area contributed by atoms with Crippen LogP contribution in [-0.4, -0.2) is 53.9 Å². The predicted octanol–water partition coefficient (Wildman–Crippen LogP) is 2.83. The standard InChI is InChI=1S/C19H23N3O/c1-14-10-17(12-20-11-14)15-4-6-16(7-5-15)19(23)22-9-8-18(13-22)21(2)3/h4-7,10-12,18H,8-9,13H2,1-3H3/t18-/m0/s1. The number of carbonyl (C=O) groups is 1. The minimum atomic E-state index is 0.128. The molecule has 4 nitrogen and oxygen atoms in total. The Bertz CT molecular complexity index is 694. The first kappa shape index (κ1) is 15.7. The molecular formula is C19H23N3O. The van der Waals surface area contributed by atoms with Gasteiger partial charge in [0.15, 0.2) is 0 Å². The SMILES string of the molecule is Cc1cncc(-c2ccc(C(=O)N3CC[C@H](N(C)C)C3)cc2)c1. The lowest BCUT2D eigenvalue weighted by atomic mass is 10.0. The van der Waals surface area contributed by atoms with Gasteiger partial charge in [-0.2, -0.15) is 0 Å². The van der Waals surface area contributed by atoms with Crippen molar-refractivity contribution in [3.8, 4) is 11.1 Å². The molecule has 1 fully saturated rings. The van der Waals surface area contributed by atoms with E-state index in [0.29, 0.717) is 6.04 Å². The van der Waals surface area contributed by atoms with Crippen molar-refractivity contribution in [2.75, 3.05) is 27.2 Å². The average Bonchev–Trinajstić information content (AvgIpc) is 3.04. The molecule has 1 aromatic carbocycles. The summed E-state index contributed by atoms with van der Waals surface area (Å²) in [5, 5.41) is 0. The van der Waals surface area contributed by atoms with Crippen LogP contribution in [0.5, 0.6) is 0 Å². The first-order valence-electron chi connectivity index (χ1n) is 8.02. The van der Waals surface area contributed by atoms with Crippen molar-refractivity contribution < 1.29 is 4.79 Å². The van der Waals surface area contributed by atoms with Gasteiger partial charge in [0.25, 0.3) is 5.91 Å². The Morgan fingerprint density at radius 2 is 1.91 bits per heavy atom. The molecule has 0 unspecified atom stereocenters. The summed E-state index contributed by atoms with van der Waals surface area (Å²) in [6.45, 7) is 3.68. The van der Waals surface area contributed by atoms with E-state index in [2.05, 4.69) is 30.0 Å². The van der Waals surface area contributed by atoms with Crippen LogP contribution in [0.4, 0.5) is 0 Å². The van der Waals surface area contributed by atoms with Crippen LogP contribution in [0.1, 0.15) is 22.3 Å². The monoisotopic (exact) mass is 309 g/mol. The summed E-state index contributed by atoms with van der Waals surface area (Å²) in [6.07, 6.45) is 4.74. The van der Waals surface area contributed by atoms with E-state index in [4.69, 9.17) is 0 Å². The highest BCUT2D eigenvalue weighted by Crippen LogP contribution is 2.21. The van der Waals surface area contributed by atoms with Gasteiger partial charge in [0.2, 0.25) is 0 Å². The number of likely N-dealkylation sites (tertiary alicyclic amines) is 1. The largest absolute Gasteiger partial charge is 0.337 e. The molecule has 0 spiro atoms. The van der Waals surface area contributed by atoms with Crippen LogP contribution in [0.2, 0.25) is 0 Å². The summed E-state index contributed by atoms with van der Waals surface area (Å²) in [6, 6.07) is 10.4. The van der Waals surface area contributed by atoms with Crippen molar-refractivity contribution in [1.82, 2.24) is 14.8 Å². The molecule has 23 heavy (non-hydrogen) atoms. The highest BCUT2D eigenvalue weighted by atomic mass is 16.2. The third kappa shape index (κ3) is 3.42. The lowest BCUT2D eigenvalue weighted by molar-refractivity contribution is 0.0783. The Balaban J connectivity index is 1.74. The molecule has 1 atom stereocenters. The number of aryl methyl sites for hydroxylation is 1. The van der Waals surface area contributed by atoms with Gasteiger partial charge in [-0.15, -0.1) is 0 Å². The van der Waals surface area contributed by atoms with E-state index in [-0.39, 0.29) is 5.91 Å². The number of aromatic nitrogens is 1. The van der Waals surface area contributed by atoms with E-state index in [1.165, 1.54) is 0 Å². The number of pyridine rings is 1. The van der Waals surface area contributed by atoms with Gasteiger partial charge in [-0.3, -0.25) is 9.78 Å². The topological polar surface area (TPSA) is 36.4 Å². The molecule has 2 heterocycles. The van der Waals surface area contributed by atoms with Gasteiger partial charge in [0.1, 0.15) is 0 Å². The fraction of sp³-hybridized carbons (Fsp3) is 0.368. The van der Waals surface area contributed by atoms with Crippen LogP contribution in [0, 0.1) is 6.92 Å². The summed E-state index contributed by atoms with van der Waals surface area (Å²) in [5.41, 5.74) is 4.06. The summed E-state index contributed by atoms with van der Waals surface area (Å²) in [5.74, 6) is 0.128. The van der Waals surface area contributed by atoms with Gasteiger partial charge in [-0.1, -0.05) is 12.1 Å². The second-order valence-corrected chi connectivity index (χ2v) is 6.49. The number of hydrogen-bond acceptors (Lipinski definition) is 3. The highest BCUT2D eigenvalue weighted by molar-refractivity contribution is 5.95. The summed E-state index contributed by atoms with van der Waals surface area (Å²) >= 11 is 0. The molecule has 2 aromatic rings. The predicted molar refractivity (Wildman–Crippen MR) is 92.4 cm³/mol. The molecule has 3 rings (SSSR count). The van der Waals surface area contributed by atoms with Crippen LogP contribution < -0.4 is 0 Å². The number of rotatable bonds is 3. The van der Waals surface area contributed by atoms with E-state index in [1.54, 1.807) is 0 Å². The molecule has 1 saturated heterocycles. The number of benzene rings is 1. The summed E-state index contributed by atoms with van der Waals surface area (Å²) in [4.78, 5) is 21.0. The molecule has 120 valence electrons. The number of hydrogen-bond donors (Lipinski definition) is 0. The molecule has 1 aromatic heterocycles. The zero-order chi connectivity index (χ0) is 16.4. The van der Waals surface area contributed by atoms with E-state index in [9.17, 15) is 4.79 Å². The molecule has 0 saturated carbocycles. The first-order valence-corrected chi connectivity index (χ1v) is 8.02. The number of carbonyl (C=O) groups excluding carboxylic acids is 1. The second kappa shape index (κ2) is 6.50. The normalized spacial score (nSPS) is 17.7. The quantitative estimate of drug-likeness (QED) is 0.875. The maximum atomic E-state index is 12.6. The Morgan fingerprint density at radius 1 is 1.17 bits per heavy atom. The van der Waals surface area contributed by atoms with Crippen molar-refractivity contribution in [2.45, 2.75) is 19.4 Å². The van der Waals surface area contributed by atoms with Crippen molar-refractivity contribution in [3.05, 3.63) is 53.9 Å². The maximum Gasteiger partial charge on any atom is 0.253 e. The van der Waals surface area contributed by atoms with Gasteiger partial charge in [-0.05, 0) is 56.8 Å². The lowest BCUT2D eigenvalue weighted by Gasteiger charge is -2.20. The molecule has 0 radical (unpaired) electrons. The van der Waals surface area contributed by atoms with Crippen LogP contribution in [0.25, 0.3) is 11.1 Å². The third-order valence-electron chi connectivity index (χ3n) is 4.52.